The Hall–Kier alpha value is -1.88. The van der Waals surface area contributed by atoms with Gasteiger partial charge in [-0.15, -0.1) is 11.3 Å². The molecule has 0 fully saturated rings. The molecule has 3 rings (SSSR count). The first-order chi connectivity index (χ1) is 12.3. The summed E-state index contributed by atoms with van der Waals surface area (Å²) in [5.41, 5.74) is 2.39. The smallest absolute Gasteiger partial charge is 0.127 e. The van der Waals surface area contributed by atoms with E-state index in [0.29, 0.717) is 6.61 Å². The summed E-state index contributed by atoms with van der Waals surface area (Å²) >= 11 is 7.61. The summed E-state index contributed by atoms with van der Waals surface area (Å²) in [6.45, 7) is 4.34. The van der Waals surface area contributed by atoms with Gasteiger partial charge in [0.1, 0.15) is 10.8 Å². The highest BCUT2D eigenvalue weighted by atomic mass is 35.5. The van der Waals surface area contributed by atoms with Crippen LogP contribution in [0.2, 0.25) is 5.02 Å². The quantitative estimate of drug-likeness (QED) is 0.552. The molecule has 0 radical (unpaired) electrons. The Labute approximate surface area is 157 Å². The maximum atomic E-state index is 5.91. The van der Waals surface area contributed by atoms with Crippen molar-refractivity contribution in [3.63, 3.8) is 0 Å². The van der Waals surface area contributed by atoms with Gasteiger partial charge in [0.15, 0.2) is 0 Å². The van der Waals surface area contributed by atoms with E-state index in [2.05, 4.69) is 28.5 Å². The SMILES string of the molecule is CCOc1ccccc1-c1cnc(CNCCc2ccc(Cl)cc2)s1. The first-order valence-corrected chi connectivity index (χ1v) is 9.58. The molecule has 0 aliphatic heterocycles. The molecule has 1 aromatic heterocycles. The molecule has 0 unspecified atom stereocenters. The van der Waals surface area contributed by atoms with Crippen LogP contribution in [-0.2, 0) is 13.0 Å². The number of ether oxygens (including phenoxy) is 1. The second-order valence-electron chi connectivity index (χ2n) is 5.60. The van der Waals surface area contributed by atoms with Crippen molar-refractivity contribution in [2.75, 3.05) is 13.2 Å². The van der Waals surface area contributed by atoms with E-state index in [1.165, 1.54) is 5.56 Å². The molecule has 130 valence electrons. The molecule has 1 heterocycles. The van der Waals surface area contributed by atoms with Gasteiger partial charge in [0.2, 0.25) is 0 Å². The van der Waals surface area contributed by atoms with Crippen molar-refractivity contribution in [3.8, 4) is 16.2 Å². The summed E-state index contributed by atoms with van der Waals surface area (Å²) in [4.78, 5) is 5.67. The Morgan fingerprint density at radius 1 is 1.12 bits per heavy atom. The Morgan fingerprint density at radius 2 is 1.92 bits per heavy atom. The van der Waals surface area contributed by atoms with Crippen LogP contribution >= 0.6 is 22.9 Å². The lowest BCUT2D eigenvalue weighted by molar-refractivity contribution is 0.341. The van der Waals surface area contributed by atoms with E-state index in [-0.39, 0.29) is 0 Å². The number of benzene rings is 2. The van der Waals surface area contributed by atoms with E-state index < -0.39 is 0 Å². The van der Waals surface area contributed by atoms with Gasteiger partial charge in [0.25, 0.3) is 0 Å². The molecule has 0 amide bonds. The van der Waals surface area contributed by atoms with Crippen molar-refractivity contribution >= 4 is 22.9 Å². The second-order valence-corrected chi connectivity index (χ2v) is 7.15. The molecule has 0 aliphatic rings. The maximum absolute atomic E-state index is 5.91. The zero-order valence-corrected chi connectivity index (χ0v) is 15.7. The third-order valence-electron chi connectivity index (χ3n) is 3.79. The number of halogens is 1. The molecule has 0 spiro atoms. The molecule has 0 aliphatic carbocycles. The number of aromatic nitrogens is 1. The highest BCUT2D eigenvalue weighted by Crippen LogP contribution is 2.33. The van der Waals surface area contributed by atoms with Crippen LogP contribution in [0.4, 0.5) is 0 Å². The summed E-state index contributed by atoms with van der Waals surface area (Å²) in [6, 6.07) is 16.1. The van der Waals surface area contributed by atoms with Crippen molar-refractivity contribution in [3.05, 3.63) is 70.3 Å². The van der Waals surface area contributed by atoms with E-state index in [0.717, 1.165) is 45.7 Å². The topological polar surface area (TPSA) is 34.1 Å². The predicted molar refractivity (Wildman–Crippen MR) is 106 cm³/mol. The normalized spacial score (nSPS) is 10.8. The molecule has 2 aromatic carbocycles. The molecular weight excluding hydrogens is 352 g/mol. The minimum atomic E-state index is 0.662. The van der Waals surface area contributed by atoms with Gasteiger partial charge in [0.05, 0.1) is 11.5 Å². The zero-order valence-electron chi connectivity index (χ0n) is 14.2. The first kappa shape index (κ1) is 17.9. The lowest BCUT2D eigenvalue weighted by atomic mass is 10.1. The number of hydrogen-bond donors (Lipinski definition) is 1. The molecule has 0 saturated carbocycles. The number of thiazole rings is 1. The lowest BCUT2D eigenvalue weighted by Crippen LogP contribution is -2.16. The largest absolute Gasteiger partial charge is 0.493 e. The number of rotatable bonds is 8. The number of para-hydroxylation sites is 1. The predicted octanol–water partition coefficient (Wildman–Crippen LogP) is 5.19. The summed E-state index contributed by atoms with van der Waals surface area (Å²) in [5, 5.41) is 5.31. The summed E-state index contributed by atoms with van der Waals surface area (Å²) in [7, 11) is 0. The Morgan fingerprint density at radius 3 is 2.72 bits per heavy atom. The van der Waals surface area contributed by atoms with Crippen LogP contribution in [0.1, 0.15) is 17.5 Å². The zero-order chi connectivity index (χ0) is 17.5. The maximum Gasteiger partial charge on any atom is 0.127 e. The standard InChI is InChI=1S/C20H21ClN2OS/c1-2-24-18-6-4-3-5-17(18)19-13-23-20(25-19)14-22-12-11-15-7-9-16(21)10-8-15/h3-10,13,22H,2,11-12,14H2,1H3. The van der Waals surface area contributed by atoms with Crippen LogP contribution in [0.15, 0.2) is 54.7 Å². The second kappa shape index (κ2) is 8.99. The van der Waals surface area contributed by atoms with Crippen LogP contribution in [0.3, 0.4) is 0 Å². The van der Waals surface area contributed by atoms with Crippen molar-refractivity contribution in [1.82, 2.24) is 10.3 Å². The van der Waals surface area contributed by atoms with Gasteiger partial charge in [-0.1, -0.05) is 35.9 Å². The van der Waals surface area contributed by atoms with Crippen LogP contribution < -0.4 is 10.1 Å². The third kappa shape index (κ3) is 5.05. The van der Waals surface area contributed by atoms with Gasteiger partial charge in [-0.25, -0.2) is 4.98 Å². The molecule has 3 aromatic rings. The molecule has 3 nitrogen and oxygen atoms in total. The van der Waals surface area contributed by atoms with Gasteiger partial charge in [-0.2, -0.15) is 0 Å². The number of nitrogens with one attached hydrogen (secondary N) is 1. The average Bonchev–Trinajstić information content (AvgIpc) is 3.10. The molecule has 25 heavy (non-hydrogen) atoms. The highest BCUT2D eigenvalue weighted by molar-refractivity contribution is 7.15. The molecule has 5 heteroatoms. The fourth-order valence-corrected chi connectivity index (χ4v) is 3.59. The van der Waals surface area contributed by atoms with Crippen LogP contribution in [0.5, 0.6) is 5.75 Å². The Bertz CT molecular complexity index is 801. The average molecular weight is 373 g/mol. The van der Waals surface area contributed by atoms with Gasteiger partial charge in [-0.05, 0) is 49.7 Å². The molecule has 1 N–H and O–H groups in total. The molecule has 0 bridgehead atoms. The minimum absolute atomic E-state index is 0.662. The Balaban J connectivity index is 1.54. The Kier molecular flexibility index (Phi) is 6.45. The third-order valence-corrected chi connectivity index (χ3v) is 5.07. The molecule has 0 saturated heterocycles. The number of hydrogen-bond acceptors (Lipinski definition) is 4. The van der Waals surface area contributed by atoms with Crippen molar-refractivity contribution < 1.29 is 4.74 Å². The van der Waals surface area contributed by atoms with Crippen molar-refractivity contribution in [1.29, 1.82) is 0 Å². The summed E-state index contributed by atoms with van der Waals surface area (Å²) < 4.78 is 5.71. The van der Waals surface area contributed by atoms with Gasteiger partial charge in [-0.3, -0.25) is 0 Å². The van der Waals surface area contributed by atoms with Crippen molar-refractivity contribution in [2.24, 2.45) is 0 Å². The molecule has 0 atom stereocenters. The van der Waals surface area contributed by atoms with Crippen LogP contribution in [0, 0.1) is 0 Å². The van der Waals surface area contributed by atoms with Crippen LogP contribution in [0.25, 0.3) is 10.4 Å². The van der Waals surface area contributed by atoms with E-state index in [4.69, 9.17) is 16.3 Å². The fraction of sp³-hybridized carbons (Fsp3) is 0.250. The minimum Gasteiger partial charge on any atom is -0.493 e. The van der Waals surface area contributed by atoms with Gasteiger partial charge < -0.3 is 10.1 Å². The summed E-state index contributed by atoms with van der Waals surface area (Å²) in [5.74, 6) is 0.913. The van der Waals surface area contributed by atoms with E-state index in [1.54, 1.807) is 11.3 Å². The van der Waals surface area contributed by atoms with E-state index in [1.807, 2.05) is 43.5 Å². The summed E-state index contributed by atoms with van der Waals surface area (Å²) in [6.07, 6.45) is 2.90. The monoisotopic (exact) mass is 372 g/mol. The van der Waals surface area contributed by atoms with Crippen LogP contribution in [-0.4, -0.2) is 18.1 Å². The fourth-order valence-electron chi connectivity index (χ4n) is 2.55. The van der Waals surface area contributed by atoms with Crippen molar-refractivity contribution in [2.45, 2.75) is 19.9 Å². The van der Waals surface area contributed by atoms with E-state index >= 15 is 0 Å². The highest BCUT2D eigenvalue weighted by Gasteiger charge is 2.09. The lowest BCUT2D eigenvalue weighted by Gasteiger charge is -2.07. The molecular formula is C20H21ClN2OS. The first-order valence-electron chi connectivity index (χ1n) is 8.38. The van der Waals surface area contributed by atoms with E-state index in [9.17, 15) is 0 Å². The van der Waals surface area contributed by atoms with Gasteiger partial charge >= 0.3 is 0 Å². The van der Waals surface area contributed by atoms with Gasteiger partial charge in [0, 0.05) is 23.3 Å². The number of nitrogens with zero attached hydrogens (tertiary/aromatic N) is 1.